The van der Waals surface area contributed by atoms with Crippen LogP contribution < -0.4 is 30.4 Å². The van der Waals surface area contributed by atoms with Crippen LogP contribution in [0.3, 0.4) is 0 Å². The third kappa shape index (κ3) is 4.24. The molecule has 0 fully saturated rings. The number of aromatic hydroxyl groups is 1. The average Bonchev–Trinajstić information content (AvgIpc) is 3.12. The Labute approximate surface area is 205 Å². The van der Waals surface area contributed by atoms with E-state index in [0.717, 1.165) is 12.0 Å². The van der Waals surface area contributed by atoms with Gasteiger partial charge in [-0.2, -0.15) is 10.2 Å². The van der Waals surface area contributed by atoms with E-state index in [1.54, 1.807) is 6.07 Å². The Morgan fingerprint density at radius 2 is 2.00 bits per heavy atom. The van der Waals surface area contributed by atoms with E-state index in [4.69, 9.17) is 14.2 Å². The lowest BCUT2D eigenvalue weighted by atomic mass is 9.79. The third-order valence-corrected chi connectivity index (χ3v) is 6.10. The monoisotopic (exact) mass is 489 g/mol. The summed E-state index contributed by atoms with van der Waals surface area (Å²) < 4.78 is 16.5. The molecule has 11 nitrogen and oxygen atoms in total. The zero-order valence-corrected chi connectivity index (χ0v) is 19.3. The number of hydrogen-bond acceptors (Lipinski definition) is 9. The summed E-state index contributed by atoms with van der Waals surface area (Å²) in [5.74, 6) is -1.03. The van der Waals surface area contributed by atoms with Crippen LogP contribution in [0, 0.1) is 17.2 Å². The van der Waals surface area contributed by atoms with E-state index in [9.17, 15) is 20.0 Å². The first-order chi connectivity index (χ1) is 17.5. The summed E-state index contributed by atoms with van der Waals surface area (Å²) in [5, 5.41) is 25.3. The van der Waals surface area contributed by atoms with Gasteiger partial charge in [0.1, 0.15) is 11.7 Å². The van der Waals surface area contributed by atoms with E-state index in [1.165, 1.54) is 19.2 Å². The molecule has 3 heterocycles. The highest BCUT2D eigenvalue weighted by molar-refractivity contribution is 5.98. The standard InChI is InChI=1S/C25H23N5O6/c1-34-18-10-14(4-5-16(18)31)20-15(11-26)23(32)28-22-21(20)24(33)30-25(29-22)27-12-13-3-6-17-19(9-13)36-8-2-7-35-17/h3-6,9-10,15,20,31H,2,7-8,12H2,1H3,(H3,27,28,29,30,32,33). The summed E-state index contributed by atoms with van der Waals surface area (Å²) in [4.78, 5) is 33.0. The van der Waals surface area contributed by atoms with Crippen molar-refractivity contribution in [2.45, 2.75) is 18.9 Å². The lowest BCUT2D eigenvalue weighted by molar-refractivity contribution is -0.119. The normalized spacial score (nSPS) is 18.3. The number of aromatic nitrogens is 2. The molecule has 2 atom stereocenters. The molecule has 2 aliphatic rings. The van der Waals surface area contributed by atoms with Crippen LogP contribution in [0.2, 0.25) is 0 Å². The molecule has 3 aromatic rings. The van der Waals surface area contributed by atoms with E-state index in [2.05, 4.69) is 20.6 Å². The quantitative estimate of drug-likeness (QED) is 0.422. The Morgan fingerprint density at radius 3 is 2.78 bits per heavy atom. The molecule has 2 aliphatic heterocycles. The van der Waals surface area contributed by atoms with E-state index < -0.39 is 23.3 Å². The van der Waals surface area contributed by atoms with Crippen LogP contribution in [0.15, 0.2) is 41.2 Å². The molecule has 0 aliphatic carbocycles. The van der Waals surface area contributed by atoms with Crippen LogP contribution in [0.25, 0.3) is 0 Å². The predicted molar refractivity (Wildman–Crippen MR) is 128 cm³/mol. The molecular formula is C25H23N5O6. The molecule has 0 saturated heterocycles. The van der Waals surface area contributed by atoms with Crippen molar-refractivity contribution in [3.05, 3.63) is 63.4 Å². The van der Waals surface area contributed by atoms with Crippen molar-refractivity contribution >= 4 is 17.7 Å². The number of ether oxygens (including phenoxy) is 3. The topological polar surface area (TPSA) is 159 Å². The molecule has 0 bridgehead atoms. The number of benzene rings is 2. The number of nitriles is 1. The molecule has 2 unspecified atom stereocenters. The molecule has 36 heavy (non-hydrogen) atoms. The van der Waals surface area contributed by atoms with Gasteiger partial charge in [-0.05, 0) is 35.4 Å². The molecule has 0 spiro atoms. The number of nitrogens with one attached hydrogen (secondary N) is 3. The minimum absolute atomic E-state index is 0.0634. The molecule has 4 N–H and O–H groups in total. The number of nitrogens with zero attached hydrogens (tertiary/aromatic N) is 2. The van der Waals surface area contributed by atoms with Gasteiger partial charge in [-0.15, -0.1) is 0 Å². The van der Waals surface area contributed by atoms with Crippen LogP contribution in [-0.4, -0.2) is 41.3 Å². The first-order valence-corrected chi connectivity index (χ1v) is 11.3. The number of H-pyrrole nitrogens is 1. The molecule has 11 heteroatoms. The Balaban J connectivity index is 1.46. The maximum Gasteiger partial charge on any atom is 0.258 e. The summed E-state index contributed by atoms with van der Waals surface area (Å²) in [7, 11) is 1.39. The molecule has 1 amide bonds. The van der Waals surface area contributed by atoms with Gasteiger partial charge in [0.05, 0.1) is 32.0 Å². The first kappa shape index (κ1) is 23.0. The number of hydrogen-bond donors (Lipinski definition) is 4. The van der Waals surface area contributed by atoms with Gasteiger partial charge in [-0.1, -0.05) is 12.1 Å². The summed E-state index contributed by atoms with van der Waals surface area (Å²) >= 11 is 0. The molecular weight excluding hydrogens is 466 g/mol. The maximum atomic E-state index is 13.2. The van der Waals surface area contributed by atoms with E-state index in [1.807, 2.05) is 24.3 Å². The van der Waals surface area contributed by atoms with E-state index >= 15 is 0 Å². The van der Waals surface area contributed by atoms with Gasteiger partial charge >= 0.3 is 0 Å². The van der Waals surface area contributed by atoms with Crippen molar-refractivity contribution in [1.82, 2.24) is 9.97 Å². The summed E-state index contributed by atoms with van der Waals surface area (Å²) in [6.07, 6.45) is 0.804. The SMILES string of the molecule is COc1cc(C2c3c(nc(NCc4ccc5c(c4)OCCCO5)[nH]c3=O)NC(=O)C2C#N)ccc1O. The second-order valence-electron chi connectivity index (χ2n) is 8.37. The number of rotatable bonds is 5. The number of aromatic amines is 1. The molecule has 0 saturated carbocycles. The summed E-state index contributed by atoms with van der Waals surface area (Å²) in [6.45, 7) is 1.49. The fraction of sp³-hybridized carbons (Fsp3) is 0.280. The van der Waals surface area contributed by atoms with Crippen LogP contribution in [0.5, 0.6) is 23.0 Å². The zero-order valence-electron chi connectivity index (χ0n) is 19.3. The van der Waals surface area contributed by atoms with Gasteiger partial charge in [-0.3, -0.25) is 14.6 Å². The van der Waals surface area contributed by atoms with Gasteiger partial charge in [0, 0.05) is 18.9 Å². The number of carbonyl (C=O) groups is 1. The van der Waals surface area contributed by atoms with Gasteiger partial charge in [0.15, 0.2) is 23.0 Å². The number of methoxy groups -OCH3 is 1. The molecule has 2 aromatic carbocycles. The fourth-order valence-corrected chi connectivity index (χ4v) is 4.35. The smallest absolute Gasteiger partial charge is 0.258 e. The van der Waals surface area contributed by atoms with Crippen molar-refractivity contribution in [3.8, 4) is 29.1 Å². The number of phenols is 1. The van der Waals surface area contributed by atoms with E-state index in [-0.39, 0.29) is 28.8 Å². The lowest BCUT2D eigenvalue weighted by Gasteiger charge is -2.28. The molecule has 184 valence electrons. The Kier molecular flexibility index (Phi) is 6.08. The van der Waals surface area contributed by atoms with Crippen molar-refractivity contribution in [1.29, 1.82) is 5.26 Å². The van der Waals surface area contributed by atoms with Gasteiger partial charge in [0.2, 0.25) is 11.9 Å². The Bertz CT molecular complexity index is 1430. The molecule has 0 radical (unpaired) electrons. The number of fused-ring (bicyclic) bond motifs is 2. The van der Waals surface area contributed by atoms with Crippen LogP contribution >= 0.6 is 0 Å². The van der Waals surface area contributed by atoms with E-state index in [0.29, 0.717) is 36.8 Å². The van der Waals surface area contributed by atoms with Crippen molar-refractivity contribution in [2.75, 3.05) is 31.0 Å². The summed E-state index contributed by atoms with van der Waals surface area (Å²) in [6, 6.07) is 12.0. The third-order valence-electron chi connectivity index (χ3n) is 6.10. The number of anilines is 2. The fourth-order valence-electron chi connectivity index (χ4n) is 4.35. The minimum atomic E-state index is -1.17. The minimum Gasteiger partial charge on any atom is -0.504 e. The van der Waals surface area contributed by atoms with Gasteiger partial charge in [-0.25, -0.2) is 0 Å². The van der Waals surface area contributed by atoms with Crippen molar-refractivity contribution in [3.63, 3.8) is 0 Å². The van der Waals surface area contributed by atoms with Crippen molar-refractivity contribution < 1.29 is 24.1 Å². The second kappa shape index (κ2) is 9.50. The second-order valence-corrected chi connectivity index (χ2v) is 8.37. The first-order valence-electron chi connectivity index (χ1n) is 11.3. The number of carbonyl (C=O) groups excluding carboxylic acids is 1. The van der Waals surface area contributed by atoms with Crippen molar-refractivity contribution in [2.24, 2.45) is 5.92 Å². The van der Waals surface area contributed by atoms with Crippen LogP contribution in [-0.2, 0) is 11.3 Å². The Morgan fingerprint density at radius 1 is 1.19 bits per heavy atom. The number of phenolic OH excluding ortho intramolecular Hbond substituents is 1. The van der Waals surface area contributed by atoms with Gasteiger partial charge < -0.3 is 30.0 Å². The zero-order chi connectivity index (χ0) is 25.2. The number of amides is 1. The van der Waals surface area contributed by atoms with Gasteiger partial charge in [0.25, 0.3) is 5.56 Å². The molecule has 5 rings (SSSR count). The molecule has 1 aromatic heterocycles. The van der Waals surface area contributed by atoms with Crippen LogP contribution in [0.4, 0.5) is 11.8 Å². The summed E-state index contributed by atoms with van der Waals surface area (Å²) in [5.41, 5.74) is 0.989. The Hall–Kier alpha value is -4.72. The average molecular weight is 489 g/mol. The highest BCUT2D eigenvalue weighted by atomic mass is 16.5. The highest BCUT2D eigenvalue weighted by Crippen LogP contribution is 2.40. The predicted octanol–water partition coefficient (Wildman–Crippen LogP) is 2.48. The maximum absolute atomic E-state index is 13.2. The van der Waals surface area contributed by atoms with Crippen LogP contribution in [0.1, 0.15) is 29.0 Å². The largest absolute Gasteiger partial charge is 0.504 e. The lowest BCUT2D eigenvalue weighted by Crippen LogP contribution is -2.38. The highest BCUT2D eigenvalue weighted by Gasteiger charge is 2.40.